The smallest absolute Gasteiger partial charge is 0.306 e. The van der Waals surface area contributed by atoms with Gasteiger partial charge in [0, 0.05) is 12.8 Å². The summed E-state index contributed by atoms with van der Waals surface area (Å²) in [6.07, 6.45) is 1.23. The molecule has 1 aromatic rings. The van der Waals surface area contributed by atoms with Crippen molar-refractivity contribution in [3.8, 4) is 0 Å². The molecule has 0 bridgehead atoms. The van der Waals surface area contributed by atoms with Crippen molar-refractivity contribution >= 4 is 5.97 Å². The molecule has 16 heavy (non-hydrogen) atoms. The van der Waals surface area contributed by atoms with Crippen molar-refractivity contribution in [3.05, 3.63) is 35.9 Å². The highest BCUT2D eigenvalue weighted by Crippen LogP contribution is 2.08. The highest BCUT2D eigenvalue weighted by molar-refractivity contribution is 5.69. The summed E-state index contributed by atoms with van der Waals surface area (Å²) in [5.74, 6) is 0.259. The standard InChI is InChI=1S/C14H20O2/c1-11(2)9-14(15)16-12(3)10-13-7-5-4-6-8-13/h4-8,11-12H,9-10H2,1-3H3. The summed E-state index contributed by atoms with van der Waals surface area (Å²) < 4.78 is 5.33. The lowest BCUT2D eigenvalue weighted by Crippen LogP contribution is -2.18. The van der Waals surface area contributed by atoms with Gasteiger partial charge in [-0.15, -0.1) is 0 Å². The van der Waals surface area contributed by atoms with Crippen LogP contribution in [-0.2, 0) is 16.0 Å². The molecule has 1 aromatic carbocycles. The van der Waals surface area contributed by atoms with E-state index in [0.717, 1.165) is 6.42 Å². The van der Waals surface area contributed by atoms with Gasteiger partial charge in [-0.05, 0) is 18.4 Å². The molecule has 0 aliphatic rings. The van der Waals surface area contributed by atoms with Crippen molar-refractivity contribution in [2.45, 2.75) is 39.7 Å². The largest absolute Gasteiger partial charge is 0.462 e. The molecule has 0 saturated heterocycles. The van der Waals surface area contributed by atoms with Crippen molar-refractivity contribution in [2.75, 3.05) is 0 Å². The summed E-state index contributed by atoms with van der Waals surface area (Å²) in [7, 11) is 0. The van der Waals surface area contributed by atoms with E-state index in [1.807, 2.05) is 51.1 Å². The number of benzene rings is 1. The van der Waals surface area contributed by atoms with Crippen molar-refractivity contribution in [2.24, 2.45) is 5.92 Å². The van der Waals surface area contributed by atoms with Gasteiger partial charge in [0.2, 0.25) is 0 Å². The summed E-state index contributed by atoms with van der Waals surface area (Å²) in [6, 6.07) is 10.1. The molecule has 0 N–H and O–H groups in total. The number of hydrogen-bond acceptors (Lipinski definition) is 2. The zero-order chi connectivity index (χ0) is 12.0. The Bertz CT molecular complexity index is 317. The molecule has 0 aromatic heterocycles. The van der Waals surface area contributed by atoms with E-state index in [-0.39, 0.29) is 12.1 Å². The molecule has 0 spiro atoms. The predicted octanol–water partition coefficient (Wildman–Crippen LogP) is 3.21. The first-order chi connectivity index (χ1) is 7.58. The highest BCUT2D eigenvalue weighted by atomic mass is 16.5. The molecule has 1 rings (SSSR count). The Kier molecular flexibility index (Phi) is 5.03. The third kappa shape index (κ3) is 4.96. The fraction of sp³-hybridized carbons (Fsp3) is 0.500. The summed E-state index contributed by atoms with van der Waals surface area (Å²) in [5.41, 5.74) is 1.20. The Labute approximate surface area is 97.6 Å². The van der Waals surface area contributed by atoms with Crippen LogP contribution >= 0.6 is 0 Å². The van der Waals surface area contributed by atoms with Gasteiger partial charge in [-0.2, -0.15) is 0 Å². The molecule has 2 heteroatoms. The van der Waals surface area contributed by atoms with Gasteiger partial charge in [0.1, 0.15) is 6.10 Å². The lowest BCUT2D eigenvalue weighted by Gasteiger charge is -2.14. The van der Waals surface area contributed by atoms with E-state index in [1.54, 1.807) is 0 Å². The first-order valence-corrected chi connectivity index (χ1v) is 5.81. The van der Waals surface area contributed by atoms with Crippen molar-refractivity contribution in [1.82, 2.24) is 0 Å². The third-order valence-electron chi connectivity index (χ3n) is 2.27. The van der Waals surface area contributed by atoms with Crippen LogP contribution in [0.4, 0.5) is 0 Å². The van der Waals surface area contributed by atoms with Crippen LogP contribution in [0.25, 0.3) is 0 Å². The number of ether oxygens (including phenoxy) is 1. The normalized spacial score (nSPS) is 12.5. The minimum Gasteiger partial charge on any atom is -0.462 e. The number of hydrogen-bond donors (Lipinski definition) is 0. The first kappa shape index (κ1) is 12.8. The maximum absolute atomic E-state index is 11.4. The van der Waals surface area contributed by atoms with Gasteiger partial charge in [-0.25, -0.2) is 0 Å². The fourth-order valence-corrected chi connectivity index (χ4v) is 1.59. The minimum atomic E-state index is -0.0987. The van der Waals surface area contributed by atoms with Crippen LogP contribution in [0, 0.1) is 5.92 Å². The number of carbonyl (C=O) groups is 1. The van der Waals surface area contributed by atoms with Gasteiger partial charge < -0.3 is 4.74 Å². The van der Waals surface area contributed by atoms with Crippen LogP contribution in [0.1, 0.15) is 32.8 Å². The van der Waals surface area contributed by atoms with E-state index in [0.29, 0.717) is 12.3 Å². The SMILES string of the molecule is CC(C)CC(=O)OC(C)Cc1ccccc1. The Morgan fingerprint density at radius 2 is 1.81 bits per heavy atom. The molecule has 1 unspecified atom stereocenters. The van der Waals surface area contributed by atoms with Crippen LogP contribution in [0.2, 0.25) is 0 Å². The van der Waals surface area contributed by atoms with E-state index in [1.165, 1.54) is 5.56 Å². The summed E-state index contributed by atoms with van der Waals surface area (Å²) in [6.45, 7) is 5.97. The van der Waals surface area contributed by atoms with Gasteiger partial charge in [0.15, 0.2) is 0 Å². The number of esters is 1. The summed E-state index contributed by atoms with van der Waals surface area (Å²) in [5, 5.41) is 0. The molecular formula is C14H20O2. The summed E-state index contributed by atoms with van der Waals surface area (Å²) in [4.78, 5) is 11.4. The molecule has 0 aliphatic carbocycles. The zero-order valence-corrected chi connectivity index (χ0v) is 10.3. The second kappa shape index (κ2) is 6.31. The molecule has 0 aliphatic heterocycles. The monoisotopic (exact) mass is 220 g/mol. The lowest BCUT2D eigenvalue weighted by atomic mass is 10.1. The fourth-order valence-electron chi connectivity index (χ4n) is 1.59. The van der Waals surface area contributed by atoms with Crippen molar-refractivity contribution in [3.63, 3.8) is 0 Å². The Morgan fingerprint density at radius 1 is 1.19 bits per heavy atom. The van der Waals surface area contributed by atoms with Crippen LogP contribution < -0.4 is 0 Å². The molecule has 0 heterocycles. The average Bonchev–Trinajstić information content (AvgIpc) is 2.17. The average molecular weight is 220 g/mol. The Hall–Kier alpha value is -1.31. The quantitative estimate of drug-likeness (QED) is 0.712. The van der Waals surface area contributed by atoms with Gasteiger partial charge in [-0.3, -0.25) is 4.79 Å². The zero-order valence-electron chi connectivity index (χ0n) is 10.3. The predicted molar refractivity (Wildman–Crippen MR) is 65.2 cm³/mol. The van der Waals surface area contributed by atoms with E-state index in [4.69, 9.17) is 4.74 Å². The van der Waals surface area contributed by atoms with E-state index in [2.05, 4.69) is 0 Å². The number of carbonyl (C=O) groups excluding carboxylic acids is 1. The van der Waals surface area contributed by atoms with Crippen LogP contribution in [0.3, 0.4) is 0 Å². The second-order valence-electron chi connectivity index (χ2n) is 4.59. The topological polar surface area (TPSA) is 26.3 Å². The van der Waals surface area contributed by atoms with E-state index in [9.17, 15) is 4.79 Å². The minimum absolute atomic E-state index is 0.0475. The van der Waals surface area contributed by atoms with Crippen molar-refractivity contribution < 1.29 is 9.53 Å². The maximum atomic E-state index is 11.4. The van der Waals surface area contributed by atoms with Gasteiger partial charge in [-0.1, -0.05) is 44.2 Å². The first-order valence-electron chi connectivity index (χ1n) is 5.81. The van der Waals surface area contributed by atoms with Gasteiger partial charge >= 0.3 is 5.97 Å². The maximum Gasteiger partial charge on any atom is 0.306 e. The summed E-state index contributed by atoms with van der Waals surface area (Å²) >= 11 is 0. The van der Waals surface area contributed by atoms with Crippen LogP contribution in [-0.4, -0.2) is 12.1 Å². The Morgan fingerprint density at radius 3 is 2.38 bits per heavy atom. The Balaban J connectivity index is 2.36. The molecule has 2 nitrogen and oxygen atoms in total. The van der Waals surface area contributed by atoms with E-state index >= 15 is 0 Å². The molecule has 1 atom stereocenters. The number of rotatable bonds is 5. The molecule has 0 fully saturated rings. The van der Waals surface area contributed by atoms with Gasteiger partial charge in [0.05, 0.1) is 0 Å². The van der Waals surface area contributed by atoms with E-state index < -0.39 is 0 Å². The third-order valence-corrected chi connectivity index (χ3v) is 2.27. The molecular weight excluding hydrogens is 200 g/mol. The van der Waals surface area contributed by atoms with Crippen LogP contribution in [0.5, 0.6) is 0 Å². The highest BCUT2D eigenvalue weighted by Gasteiger charge is 2.11. The molecule has 0 saturated carbocycles. The molecule has 0 amide bonds. The molecule has 0 radical (unpaired) electrons. The van der Waals surface area contributed by atoms with Gasteiger partial charge in [0.25, 0.3) is 0 Å². The second-order valence-corrected chi connectivity index (χ2v) is 4.59. The van der Waals surface area contributed by atoms with Crippen LogP contribution in [0.15, 0.2) is 30.3 Å². The molecule has 88 valence electrons. The lowest BCUT2D eigenvalue weighted by molar-refractivity contribution is -0.149. The van der Waals surface area contributed by atoms with Crippen molar-refractivity contribution in [1.29, 1.82) is 0 Å².